The van der Waals surface area contributed by atoms with Crippen molar-refractivity contribution in [1.82, 2.24) is 9.88 Å². The molecule has 2 aliphatic heterocycles. The van der Waals surface area contributed by atoms with Crippen LogP contribution in [0.4, 0.5) is 0 Å². The summed E-state index contributed by atoms with van der Waals surface area (Å²) in [5, 5.41) is 0. The van der Waals surface area contributed by atoms with E-state index in [2.05, 4.69) is 20.9 Å². The zero-order valence-electron chi connectivity index (χ0n) is 9.30. The normalized spacial score (nSPS) is 27.2. The quantitative estimate of drug-likeness (QED) is 0.743. The minimum Gasteiger partial charge on any atom is -0.371 e. The van der Waals surface area contributed by atoms with Crippen molar-refractivity contribution >= 4 is 21.8 Å². The van der Waals surface area contributed by atoms with Gasteiger partial charge in [-0.05, 0) is 40.9 Å². The van der Waals surface area contributed by atoms with E-state index < -0.39 is 0 Å². The molecule has 3 rings (SSSR count). The topological polar surface area (TPSA) is 42.4 Å². The molecular formula is C12H13BrN2O2. The van der Waals surface area contributed by atoms with Crippen LogP contribution in [0.2, 0.25) is 0 Å². The van der Waals surface area contributed by atoms with Crippen LogP contribution in [0, 0.1) is 0 Å². The van der Waals surface area contributed by atoms with Crippen LogP contribution in [0.3, 0.4) is 0 Å². The summed E-state index contributed by atoms with van der Waals surface area (Å²) in [5.74, 6) is 0.00602. The van der Waals surface area contributed by atoms with Crippen molar-refractivity contribution in [1.29, 1.82) is 0 Å². The minimum atomic E-state index is 0.00602. The smallest absolute Gasteiger partial charge is 0.272 e. The van der Waals surface area contributed by atoms with E-state index in [4.69, 9.17) is 4.74 Å². The first-order valence-corrected chi connectivity index (χ1v) is 6.59. The van der Waals surface area contributed by atoms with E-state index in [0.717, 1.165) is 12.8 Å². The highest BCUT2D eigenvalue weighted by atomic mass is 79.9. The SMILES string of the molecule is O=C(c1cccc(Br)n1)N1CC2CCC(C1)O2. The molecule has 2 fully saturated rings. The number of hydrogen-bond acceptors (Lipinski definition) is 3. The number of pyridine rings is 1. The van der Waals surface area contributed by atoms with Crippen molar-refractivity contribution in [2.45, 2.75) is 25.0 Å². The van der Waals surface area contributed by atoms with Gasteiger partial charge in [-0.3, -0.25) is 4.79 Å². The third kappa shape index (κ3) is 2.21. The first-order valence-electron chi connectivity index (χ1n) is 5.79. The fraction of sp³-hybridized carbons (Fsp3) is 0.500. The molecule has 2 bridgehead atoms. The maximum atomic E-state index is 12.3. The summed E-state index contributed by atoms with van der Waals surface area (Å²) in [7, 11) is 0. The molecule has 2 atom stereocenters. The Morgan fingerprint density at radius 2 is 2.06 bits per heavy atom. The zero-order chi connectivity index (χ0) is 11.8. The molecule has 3 heterocycles. The van der Waals surface area contributed by atoms with Crippen LogP contribution in [0.15, 0.2) is 22.8 Å². The van der Waals surface area contributed by atoms with Crippen molar-refractivity contribution in [3.63, 3.8) is 0 Å². The third-order valence-electron chi connectivity index (χ3n) is 3.27. The van der Waals surface area contributed by atoms with Gasteiger partial charge in [0, 0.05) is 13.1 Å². The number of likely N-dealkylation sites (tertiary alicyclic amines) is 1. The number of rotatable bonds is 1. The number of halogens is 1. The lowest BCUT2D eigenvalue weighted by Crippen LogP contribution is -2.46. The number of amides is 1. The Hall–Kier alpha value is -0.940. The maximum Gasteiger partial charge on any atom is 0.272 e. The number of ether oxygens (including phenoxy) is 1. The lowest BCUT2D eigenvalue weighted by atomic mass is 10.2. The summed E-state index contributed by atoms with van der Waals surface area (Å²) in [6.07, 6.45) is 2.59. The van der Waals surface area contributed by atoms with Gasteiger partial charge < -0.3 is 9.64 Å². The van der Waals surface area contributed by atoms with Gasteiger partial charge in [0.1, 0.15) is 10.3 Å². The highest BCUT2D eigenvalue weighted by molar-refractivity contribution is 9.10. The van der Waals surface area contributed by atoms with Crippen LogP contribution in [0.25, 0.3) is 0 Å². The number of hydrogen-bond donors (Lipinski definition) is 0. The number of carbonyl (C=O) groups excluding carboxylic acids is 1. The highest BCUT2D eigenvalue weighted by Gasteiger charge is 2.36. The molecule has 0 N–H and O–H groups in total. The first-order chi connectivity index (χ1) is 8.22. The lowest BCUT2D eigenvalue weighted by molar-refractivity contribution is -0.0305. The average Bonchev–Trinajstić information content (AvgIpc) is 2.67. The molecular weight excluding hydrogens is 284 g/mol. The molecule has 2 unspecified atom stereocenters. The number of fused-ring (bicyclic) bond motifs is 2. The number of nitrogens with zero attached hydrogens (tertiary/aromatic N) is 2. The van der Waals surface area contributed by atoms with Crippen LogP contribution in [-0.4, -0.2) is 41.1 Å². The molecule has 0 aromatic carbocycles. The predicted molar refractivity (Wildman–Crippen MR) is 65.7 cm³/mol. The molecule has 17 heavy (non-hydrogen) atoms. The molecule has 0 spiro atoms. The van der Waals surface area contributed by atoms with Crippen molar-refractivity contribution in [3.05, 3.63) is 28.5 Å². The van der Waals surface area contributed by atoms with E-state index in [0.29, 0.717) is 23.4 Å². The average molecular weight is 297 g/mol. The predicted octanol–water partition coefficient (Wildman–Crippen LogP) is 1.85. The van der Waals surface area contributed by atoms with E-state index >= 15 is 0 Å². The number of carbonyl (C=O) groups is 1. The number of aromatic nitrogens is 1. The van der Waals surface area contributed by atoms with Gasteiger partial charge in [-0.25, -0.2) is 4.98 Å². The molecule has 2 saturated heterocycles. The van der Waals surface area contributed by atoms with Gasteiger partial charge in [0.15, 0.2) is 0 Å². The van der Waals surface area contributed by atoms with Gasteiger partial charge in [0.25, 0.3) is 5.91 Å². The molecule has 4 nitrogen and oxygen atoms in total. The Bertz CT molecular complexity index is 440. The molecule has 1 aromatic heterocycles. The summed E-state index contributed by atoms with van der Waals surface area (Å²) in [5.41, 5.74) is 0.501. The first kappa shape index (κ1) is 11.2. The zero-order valence-corrected chi connectivity index (χ0v) is 10.9. The lowest BCUT2D eigenvalue weighted by Gasteiger charge is -2.31. The Morgan fingerprint density at radius 1 is 1.35 bits per heavy atom. The molecule has 1 aromatic rings. The molecule has 90 valence electrons. The Balaban J connectivity index is 1.78. The molecule has 0 aliphatic carbocycles. The molecule has 1 amide bonds. The maximum absolute atomic E-state index is 12.3. The van der Waals surface area contributed by atoms with Gasteiger partial charge in [-0.2, -0.15) is 0 Å². The van der Waals surface area contributed by atoms with E-state index in [1.54, 1.807) is 6.07 Å². The van der Waals surface area contributed by atoms with Crippen LogP contribution in [0.1, 0.15) is 23.3 Å². The second-order valence-corrected chi connectivity index (χ2v) is 5.33. The Morgan fingerprint density at radius 3 is 2.71 bits per heavy atom. The summed E-state index contributed by atoms with van der Waals surface area (Å²) < 4.78 is 6.41. The minimum absolute atomic E-state index is 0.00602. The monoisotopic (exact) mass is 296 g/mol. The van der Waals surface area contributed by atoms with Crippen molar-refractivity contribution in [3.8, 4) is 0 Å². The van der Waals surface area contributed by atoms with Crippen molar-refractivity contribution in [2.24, 2.45) is 0 Å². The fourth-order valence-electron chi connectivity index (χ4n) is 2.47. The van der Waals surface area contributed by atoms with Gasteiger partial charge in [0.2, 0.25) is 0 Å². The van der Waals surface area contributed by atoms with Gasteiger partial charge in [0.05, 0.1) is 12.2 Å². The van der Waals surface area contributed by atoms with Crippen molar-refractivity contribution in [2.75, 3.05) is 13.1 Å². The van der Waals surface area contributed by atoms with E-state index in [1.165, 1.54) is 0 Å². The summed E-state index contributed by atoms with van der Waals surface area (Å²) >= 11 is 3.28. The second-order valence-electron chi connectivity index (χ2n) is 4.51. The highest BCUT2D eigenvalue weighted by Crippen LogP contribution is 2.27. The van der Waals surface area contributed by atoms with Crippen LogP contribution in [0.5, 0.6) is 0 Å². The van der Waals surface area contributed by atoms with Crippen molar-refractivity contribution < 1.29 is 9.53 Å². The molecule has 0 saturated carbocycles. The third-order valence-corrected chi connectivity index (χ3v) is 3.71. The molecule has 2 aliphatic rings. The Kier molecular flexibility index (Phi) is 2.88. The van der Waals surface area contributed by atoms with Crippen LogP contribution in [-0.2, 0) is 4.74 Å². The summed E-state index contributed by atoms with van der Waals surface area (Å²) in [4.78, 5) is 18.3. The van der Waals surface area contributed by atoms with E-state index in [1.807, 2.05) is 17.0 Å². The van der Waals surface area contributed by atoms with Crippen LogP contribution >= 0.6 is 15.9 Å². The van der Waals surface area contributed by atoms with E-state index in [-0.39, 0.29) is 18.1 Å². The summed E-state index contributed by atoms with van der Waals surface area (Å²) in [6, 6.07) is 5.41. The largest absolute Gasteiger partial charge is 0.371 e. The molecule has 5 heteroatoms. The fourth-order valence-corrected chi connectivity index (χ4v) is 2.81. The number of morpholine rings is 1. The Labute approximate surface area is 108 Å². The van der Waals surface area contributed by atoms with E-state index in [9.17, 15) is 4.79 Å². The van der Waals surface area contributed by atoms with Gasteiger partial charge >= 0.3 is 0 Å². The second kappa shape index (κ2) is 4.38. The van der Waals surface area contributed by atoms with Gasteiger partial charge in [-0.15, -0.1) is 0 Å². The van der Waals surface area contributed by atoms with Crippen LogP contribution < -0.4 is 0 Å². The summed E-state index contributed by atoms with van der Waals surface area (Å²) in [6.45, 7) is 1.40. The molecule has 0 radical (unpaired) electrons. The standard InChI is InChI=1S/C12H13BrN2O2/c13-11-3-1-2-10(14-11)12(16)15-6-8-4-5-9(7-15)17-8/h1-3,8-9H,4-7H2. The van der Waals surface area contributed by atoms with Gasteiger partial charge in [-0.1, -0.05) is 6.07 Å².